The second kappa shape index (κ2) is 7.06. The number of carbonyl (C=O) groups excluding carboxylic acids is 1. The van der Waals surface area contributed by atoms with E-state index in [0.717, 1.165) is 62.9 Å². The Morgan fingerprint density at radius 1 is 1.32 bits per heavy atom. The SMILES string of the molecule is Cc1nc(CC(=O)N2CCCC2CN2CCOCC2)c(C)s1. The number of ether oxygens (including phenoxy) is 1. The number of hydrogen-bond donors (Lipinski definition) is 0. The Balaban J connectivity index is 1.59. The minimum atomic E-state index is 0.240. The third kappa shape index (κ3) is 3.67. The number of nitrogens with zero attached hydrogens (tertiary/aromatic N) is 3. The van der Waals surface area contributed by atoms with Gasteiger partial charge >= 0.3 is 0 Å². The van der Waals surface area contributed by atoms with E-state index in [1.807, 2.05) is 6.92 Å². The molecule has 1 aromatic rings. The van der Waals surface area contributed by atoms with Crippen molar-refractivity contribution in [2.75, 3.05) is 39.4 Å². The molecule has 5 nitrogen and oxygen atoms in total. The maximum absolute atomic E-state index is 12.7. The maximum Gasteiger partial charge on any atom is 0.228 e. The van der Waals surface area contributed by atoms with Gasteiger partial charge in [0.2, 0.25) is 5.91 Å². The second-order valence-corrected chi connectivity index (χ2v) is 7.62. The van der Waals surface area contributed by atoms with Gasteiger partial charge in [-0.2, -0.15) is 0 Å². The molecule has 3 rings (SSSR count). The molecule has 22 heavy (non-hydrogen) atoms. The first-order chi connectivity index (χ1) is 10.6. The molecule has 2 aliphatic rings. The molecule has 0 radical (unpaired) electrons. The molecule has 2 aliphatic heterocycles. The number of rotatable bonds is 4. The molecule has 0 aromatic carbocycles. The van der Waals surface area contributed by atoms with Crippen LogP contribution in [0, 0.1) is 13.8 Å². The van der Waals surface area contributed by atoms with E-state index in [9.17, 15) is 4.79 Å². The van der Waals surface area contributed by atoms with Crippen molar-refractivity contribution in [3.63, 3.8) is 0 Å². The quantitative estimate of drug-likeness (QED) is 0.845. The van der Waals surface area contributed by atoms with Gasteiger partial charge in [-0.1, -0.05) is 0 Å². The van der Waals surface area contributed by atoms with E-state index in [1.165, 1.54) is 4.88 Å². The molecule has 0 spiro atoms. The normalized spacial score (nSPS) is 23.2. The van der Waals surface area contributed by atoms with Crippen molar-refractivity contribution in [1.29, 1.82) is 0 Å². The van der Waals surface area contributed by atoms with Gasteiger partial charge in [0.05, 0.1) is 30.3 Å². The number of aromatic nitrogens is 1. The first-order valence-corrected chi connectivity index (χ1v) is 8.97. The van der Waals surface area contributed by atoms with Crippen LogP contribution >= 0.6 is 11.3 Å². The number of hydrogen-bond acceptors (Lipinski definition) is 5. The van der Waals surface area contributed by atoms with Crippen LogP contribution in [0.2, 0.25) is 0 Å². The summed E-state index contributed by atoms with van der Waals surface area (Å²) in [5.74, 6) is 0.240. The molecule has 2 saturated heterocycles. The Morgan fingerprint density at radius 3 is 2.77 bits per heavy atom. The summed E-state index contributed by atoms with van der Waals surface area (Å²) in [6, 6.07) is 0.366. The van der Waals surface area contributed by atoms with Gasteiger partial charge < -0.3 is 9.64 Å². The van der Waals surface area contributed by atoms with E-state index in [1.54, 1.807) is 11.3 Å². The van der Waals surface area contributed by atoms with E-state index in [-0.39, 0.29) is 5.91 Å². The molecule has 122 valence electrons. The van der Waals surface area contributed by atoms with Crippen molar-refractivity contribution in [3.8, 4) is 0 Å². The summed E-state index contributed by atoms with van der Waals surface area (Å²) in [7, 11) is 0. The van der Waals surface area contributed by atoms with Gasteiger partial charge in [0.25, 0.3) is 0 Å². The lowest BCUT2D eigenvalue weighted by atomic mass is 10.2. The smallest absolute Gasteiger partial charge is 0.228 e. The first kappa shape index (κ1) is 15.9. The Hall–Kier alpha value is -0.980. The van der Waals surface area contributed by atoms with E-state index >= 15 is 0 Å². The zero-order chi connectivity index (χ0) is 15.5. The summed E-state index contributed by atoms with van der Waals surface area (Å²) in [6.45, 7) is 9.56. The molecular weight excluding hydrogens is 298 g/mol. The van der Waals surface area contributed by atoms with Crippen LogP contribution in [-0.2, 0) is 16.0 Å². The lowest BCUT2D eigenvalue weighted by Crippen LogP contribution is -2.47. The van der Waals surface area contributed by atoms with Crippen molar-refractivity contribution in [2.45, 2.75) is 39.2 Å². The molecule has 6 heteroatoms. The number of aryl methyl sites for hydroxylation is 2. The molecule has 0 bridgehead atoms. The van der Waals surface area contributed by atoms with Gasteiger partial charge in [0.15, 0.2) is 0 Å². The van der Waals surface area contributed by atoms with Gasteiger partial charge in [-0.05, 0) is 26.7 Å². The summed E-state index contributed by atoms with van der Waals surface area (Å²) in [5.41, 5.74) is 0.963. The van der Waals surface area contributed by atoms with Crippen molar-refractivity contribution >= 4 is 17.2 Å². The van der Waals surface area contributed by atoms with Gasteiger partial charge in [-0.15, -0.1) is 11.3 Å². The molecule has 0 saturated carbocycles. The van der Waals surface area contributed by atoms with Crippen LogP contribution in [0.3, 0.4) is 0 Å². The van der Waals surface area contributed by atoms with Crippen LogP contribution in [0.15, 0.2) is 0 Å². The fourth-order valence-electron chi connectivity index (χ4n) is 3.42. The van der Waals surface area contributed by atoms with Crippen LogP contribution in [0.4, 0.5) is 0 Å². The van der Waals surface area contributed by atoms with E-state index < -0.39 is 0 Å². The predicted molar refractivity (Wildman–Crippen MR) is 87.3 cm³/mol. The van der Waals surface area contributed by atoms with Gasteiger partial charge in [-0.25, -0.2) is 4.98 Å². The monoisotopic (exact) mass is 323 g/mol. The largest absolute Gasteiger partial charge is 0.379 e. The highest BCUT2D eigenvalue weighted by Gasteiger charge is 2.31. The maximum atomic E-state index is 12.7. The van der Waals surface area contributed by atoms with Crippen molar-refractivity contribution in [1.82, 2.24) is 14.8 Å². The molecule has 1 amide bonds. The molecule has 0 N–H and O–H groups in total. The van der Waals surface area contributed by atoms with Crippen LogP contribution in [0.1, 0.15) is 28.4 Å². The fraction of sp³-hybridized carbons (Fsp3) is 0.750. The average Bonchev–Trinajstić information content (AvgIpc) is 3.07. The topological polar surface area (TPSA) is 45.7 Å². The molecule has 1 unspecified atom stereocenters. The minimum Gasteiger partial charge on any atom is -0.379 e. The Bertz CT molecular complexity index is 525. The summed E-state index contributed by atoms with van der Waals surface area (Å²) in [4.78, 5) is 22.9. The lowest BCUT2D eigenvalue weighted by Gasteiger charge is -2.33. The number of likely N-dealkylation sites (tertiary alicyclic amines) is 1. The minimum absolute atomic E-state index is 0.240. The lowest BCUT2D eigenvalue weighted by molar-refractivity contribution is -0.131. The zero-order valence-electron chi connectivity index (χ0n) is 13.5. The van der Waals surface area contributed by atoms with Crippen LogP contribution < -0.4 is 0 Å². The van der Waals surface area contributed by atoms with E-state index in [4.69, 9.17) is 4.74 Å². The fourth-order valence-corrected chi connectivity index (χ4v) is 4.25. The summed E-state index contributed by atoms with van der Waals surface area (Å²) in [5, 5.41) is 1.05. The van der Waals surface area contributed by atoms with Crippen LogP contribution in [0.5, 0.6) is 0 Å². The Morgan fingerprint density at radius 2 is 2.09 bits per heavy atom. The highest BCUT2D eigenvalue weighted by molar-refractivity contribution is 7.11. The zero-order valence-corrected chi connectivity index (χ0v) is 14.3. The number of carbonyl (C=O) groups is 1. The Labute approximate surface area is 136 Å². The molecular formula is C16H25N3O2S. The molecule has 1 aromatic heterocycles. The molecule has 3 heterocycles. The summed E-state index contributed by atoms with van der Waals surface area (Å²) in [6.07, 6.45) is 2.70. The third-order valence-corrected chi connectivity index (χ3v) is 5.52. The number of thiazole rings is 1. The van der Waals surface area contributed by atoms with E-state index in [0.29, 0.717) is 12.5 Å². The first-order valence-electron chi connectivity index (χ1n) is 8.16. The van der Waals surface area contributed by atoms with Crippen molar-refractivity contribution in [3.05, 3.63) is 15.6 Å². The van der Waals surface area contributed by atoms with Gasteiger partial charge in [-0.3, -0.25) is 9.69 Å². The van der Waals surface area contributed by atoms with Gasteiger partial charge in [0, 0.05) is 37.1 Å². The predicted octanol–water partition coefficient (Wildman–Crippen LogP) is 1.63. The number of amides is 1. The highest BCUT2D eigenvalue weighted by Crippen LogP contribution is 2.22. The third-order valence-electron chi connectivity index (χ3n) is 4.59. The summed E-state index contributed by atoms with van der Waals surface area (Å²) >= 11 is 1.68. The standard InChI is InChI=1S/C16H25N3O2S/c1-12-15(17-13(2)22-12)10-16(20)19-5-3-4-14(19)11-18-6-8-21-9-7-18/h14H,3-11H2,1-2H3. The second-order valence-electron chi connectivity index (χ2n) is 6.21. The highest BCUT2D eigenvalue weighted by atomic mass is 32.1. The molecule has 1 atom stereocenters. The van der Waals surface area contributed by atoms with Crippen molar-refractivity contribution in [2.24, 2.45) is 0 Å². The Kier molecular flexibility index (Phi) is 5.10. The van der Waals surface area contributed by atoms with Crippen LogP contribution in [-0.4, -0.2) is 66.1 Å². The molecule has 2 fully saturated rings. The number of morpholine rings is 1. The van der Waals surface area contributed by atoms with Crippen molar-refractivity contribution < 1.29 is 9.53 Å². The van der Waals surface area contributed by atoms with Crippen LogP contribution in [0.25, 0.3) is 0 Å². The summed E-state index contributed by atoms with van der Waals surface area (Å²) < 4.78 is 5.40. The molecule has 0 aliphatic carbocycles. The average molecular weight is 323 g/mol. The van der Waals surface area contributed by atoms with Gasteiger partial charge in [0.1, 0.15) is 0 Å². The van der Waals surface area contributed by atoms with E-state index in [2.05, 4.69) is 21.7 Å².